The van der Waals surface area contributed by atoms with Crippen LogP contribution < -0.4 is 10.9 Å². The van der Waals surface area contributed by atoms with E-state index in [9.17, 15) is 9.59 Å². The summed E-state index contributed by atoms with van der Waals surface area (Å²) in [6, 6.07) is 5.70. The molecule has 4 fully saturated rings. The van der Waals surface area contributed by atoms with E-state index in [1.54, 1.807) is 15.9 Å². The molecule has 4 bridgehead atoms. The highest BCUT2D eigenvalue weighted by Gasteiger charge is 2.50. The quantitative estimate of drug-likeness (QED) is 0.252. The molecule has 8 heteroatoms. The molecule has 0 spiro atoms. The van der Waals surface area contributed by atoms with Crippen molar-refractivity contribution in [1.29, 1.82) is 0 Å². The summed E-state index contributed by atoms with van der Waals surface area (Å²) in [6.45, 7) is 5.02. The molecule has 39 heavy (non-hydrogen) atoms. The molecule has 0 unspecified atom stereocenters. The number of hydrogen-bond donors (Lipinski definition) is 1. The van der Waals surface area contributed by atoms with Gasteiger partial charge in [0, 0.05) is 16.4 Å². The first kappa shape index (κ1) is 26.1. The van der Waals surface area contributed by atoms with E-state index in [1.807, 2.05) is 25.1 Å². The van der Waals surface area contributed by atoms with E-state index in [0.29, 0.717) is 27.2 Å². The number of nitrogens with zero attached hydrogens (tertiary/aromatic N) is 2. The Kier molecular flexibility index (Phi) is 6.63. The summed E-state index contributed by atoms with van der Waals surface area (Å²) < 4.78 is 1.68. The van der Waals surface area contributed by atoms with Crippen LogP contribution >= 0.6 is 34.7 Å². The van der Waals surface area contributed by atoms with E-state index in [0.717, 1.165) is 59.3 Å². The molecule has 4 saturated carbocycles. The lowest BCUT2D eigenvalue weighted by Crippen LogP contribution is -2.51. The van der Waals surface area contributed by atoms with Crippen LogP contribution in [-0.4, -0.2) is 27.8 Å². The van der Waals surface area contributed by atoms with Gasteiger partial charge in [-0.25, -0.2) is 4.98 Å². The number of fused-ring (bicyclic) bond motifs is 3. The van der Waals surface area contributed by atoms with Crippen molar-refractivity contribution in [3.63, 3.8) is 0 Å². The zero-order chi connectivity index (χ0) is 26.9. The van der Waals surface area contributed by atoms with Crippen molar-refractivity contribution in [2.75, 3.05) is 12.3 Å². The van der Waals surface area contributed by atoms with E-state index >= 15 is 0 Å². The Morgan fingerprint density at radius 1 is 1.21 bits per heavy atom. The number of amides is 1. The molecule has 5 aliphatic rings. The van der Waals surface area contributed by atoms with Crippen molar-refractivity contribution in [2.24, 2.45) is 29.1 Å². The van der Waals surface area contributed by atoms with Crippen LogP contribution in [0.4, 0.5) is 0 Å². The van der Waals surface area contributed by atoms with Gasteiger partial charge < -0.3 is 5.32 Å². The number of thioether (sulfide) groups is 1. The van der Waals surface area contributed by atoms with Crippen molar-refractivity contribution in [3.05, 3.63) is 49.6 Å². The van der Waals surface area contributed by atoms with Gasteiger partial charge in [-0.05, 0) is 117 Å². The first-order valence-electron chi connectivity index (χ1n) is 14.5. The van der Waals surface area contributed by atoms with Gasteiger partial charge >= 0.3 is 0 Å². The Morgan fingerprint density at radius 3 is 2.62 bits per heavy atom. The molecule has 5 nitrogen and oxygen atoms in total. The first-order chi connectivity index (χ1) is 18.8. The fraction of sp³-hybridized carbons (Fsp3) is 0.581. The molecule has 8 rings (SSSR count). The molecule has 1 N–H and O–H groups in total. The largest absolute Gasteiger partial charge is 0.355 e. The molecular weight excluding hydrogens is 546 g/mol. The minimum Gasteiger partial charge on any atom is -0.355 e. The van der Waals surface area contributed by atoms with Gasteiger partial charge in [0.15, 0.2) is 5.16 Å². The van der Waals surface area contributed by atoms with Gasteiger partial charge in [0.2, 0.25) is 5.91 Å². The maximum absolute atomic E-state index is 14.1. The highest BCUT2D eigenvalue weighted by atomic mass is 35.5. The third-order valence-electron chi connectivity index (χ3n) is 9.87. The van der Waals surface area contributed by atoms with Crippen molar-refractivity contribution in [2.45, 2.75) is 76.8 Å². The molecule has 2 heterocycles. The summed E-state index contributed by atoms with van der Waals surface area (Å²) in [5.41, 5.74) is 3.08. The van der Waals surface area contributed by atoms with Gasteiger partial charge in [0.1, 0.15) is 4.83 Å². The molecule has 3 aromatic rings. The van der Waals surface area contributed by atoms with E-state index in [2.05, 4.69) is 12.2 Å². The van der Waals surface area contributed by atoms with Gasteiger partial charge in [0.25, 0.3) is 5.56 Å². The molecule has 1 amide bonds. The third kappa shape index (κ3) is 4.76. The van der Waals surface area contributed by atoms with Gasteiger partial charge in [-0.3, -0.25) is 14.2 Å². The summed E-state index contributed by atoms with van der Waals surface area (Å²) in [5, 5.41) is 5.21. The van der Waals surface area contributed by atoms with E-state index in [-0.39, 0.29) is 17.2 Å². The maximum atomic E-state index is 14.1. The number of aryl methyl sites for hydroxylation is 2. The third-order valence-corrected chi connectivity index (χ3v) is 12.4. The Hall–Kier alpha value is -1.83. The lowest BCUT2D eigenvalue weighted by molar-refractivity contribution is -0.120. The van der Waals surface area contributed by atoms with Crippen LogP contribution in [0.15, 0.2) is 28.2 Å². The normalized spacial score (nSPS) is 29.1. The average Bonchev–Trinajstić information content (AvgIpc) is 3.25. The van der Waals surface area contributed by atoms with Crippen molar-refractivity contribution in [3.8, 4) is 5.69 Å². The number of nitrogens with one attached hydrogen (secondary N) is 1. The van der Waals surface area contributed by atoms with Crippen LogP contribution in [0.2, 0.25) is 5.02 Å². The second kappa shape index (κ2) is 9.92. The minimum absolute atomic E-state index is 0.0258. The number of benzene rings is 1. The maximum Gasteiger partial charge on any atom is 0.267 e. The SMILES string of the molecule is Cc1ccc(-n2c(SCC(=O)NCC34CC5CC(CC(C5)C3)C4)nc3sc4c(c3c2=O)CC[C@H](C)C4)cc1Cl. The summed E-state index contributed by atoms with van der Waals surface area (Å²) in [5.74, 6) is 3.50. The number of thiophene rings is 1. The Bertz CT molecular complexity index is 1490. The monoisotopic (exact) mass is 581 g/mol. The topological polar surface area (TPSA) is 64.0 Å². The molecule has 1 atom stereocenters. The molecule has 1 aromatic carbocycles. The van der Waals surface area contributed by atoms with E-state index < -0.39 is 0 Å². The molecule has 0 radical (unpaired) electrons. The number of carbonyl (C=O) groups is 1. The molecule has 0 saturated heterocycles. The molecule has 5 aliphatic carbocycles. The summed E-state index contributed by atoms with van der Waals surface area (Å²) in [4.78, 5) is 34.3. The Morgan fingerprint density at radius 2 is 1.92 bits per heavy atom. The number of halogens is 1. The van der Waals surface area contributed by atoms with Crippen molar-refractivity contribution >= 4 is 50.8 Å². The van der Waals surface area contributed by atoms with E-state index in [1.165, 1.54) is 60.7 Å². The molecular formula is C31H36ClN3O2S2. The molecule has 2 aromatic heterocycles. The van der Waals surface area contributed by atoms with Gasteiger partial charge in [-0.15, -0.1) is 11.3 Å². The second-order valence-corrected chi connectivity index (χ2v) is 15.4. The summed E-state index contributed by atoms with van der Waals surface area (Å²) in [7, 11) is 0. The standard InChI is InChI=1S/C31H36ClN3O2S2/c1-17-3-6-23-25(7-17)39-28-27(23)29(37)35(22-5-4-18(2)24(32)11-22)30(34-28)38-15-26(36)33-16-31-12-19-8-20(13-31)10-21(9-19)14-31/h4-5,11,17,19-21H,3,6-10,12-16H2,1-2H3,(H,33,36)/t17-,19?,20?,21?,31?/m0/s1. The number of carbonyl (C=O) groups excluding carboxylic acids is 1. The lowest BCUT2D eigenvalue weighted by Gasteiger charge is -2.56. The smallest absolute Gasteiger partial charge is 0.267 e. The number of aromatic nitrogens is 2. The van der Waals surface area contributed by atoms with Crippen LogP contribution in [0.25, 0.3) is 15.9 Å². The highest BCUT2D eigenvalue weighted by molar-refractivity contribution is 7.99. The number of hydrogen-bond acceptors (Lipinski definition) is 5. The zero-order valence-corrected chi connectivity index (χ0v) is 25.1. The average molecular weight is 582 g/mol. The lowest BCUT2D eigenvalue weighted by atomic mass is 9.49. The van der Waals surface area contributed by atoms with Crippen molar-refractivity contribution in [1.82, 2.24) is 14.9 Å². The van der Waals surface area contributed by atoms with Crippen LogP contribution in [0.5, 0.6) is 0 Å². The molecule has 206 valence electrons. The molecule has 0 aliphatic heterocycles. The fourth-order valence-electron chi connectivity index (χ4n) is 8.39. The number of rotatable bonds is 6. The van der Waals surface area contributed by atoms with Crippen molar-refractivity contribution < 1.29 is 4.79 Å². The summed E-state index contributed by atoms with van der Waals surface area (Å²) >= 11 is 9.50. The van der Waals surface area contributed by atoms with Gasteiger partial charge in [-0.2, -0.15) is 0 Å². The van der Waals surface area contributed by atoms with Crippen LogP contribution in [0.1, 0.15) is 67.9 Å². The van der Waals surface area contributed by atoms with Gasteiger partial charge in [0.05, 0.1) is 16.8 Å². The summed E-state index contributed by atoms with van der Waals surface area (Å²) in [6.07, 6.45) is 11.1. The minimum atomic E-state index is -0.0524. The second-order valence-electron chi connectivity index (χ2n) is 13.0. The Labute approximate surface area is 243 Å². The zero-order valence-electron chi connectivity index (χ0n) is 22.7. The highest BCUT2D eigenvalue weighted by Crippen LogP contribution is 2.59. The Balaban J connectivity index is 1.16. The van der Waals surface area contributed by atoms with Crippen LogP contribution in [0, 0.1) is 36.0 Å². The predicted octanol–water partition coefficient (Wildman–Crippen LogP) is 6.96. The first-order valence-corrected chi connectivity index (χ1v) is 16.7. The predicted molar refractivity (Wildman–Crippen MR) is 160 cm³/mol. The van der Waals surface area contributed by atoms with E-state index in [4.69, 9.17) is 16.6 Å². The fourth-order valence-corrected chi connectivity index (χ4v) is 10.8. The van der Waals surface area contributed by atoms with Crippen LogP contribution in [-0.2, 0) is 17.6 Å². The van der Waals surface area contributed by atoms with Crippen LogP contribution in [0.3, 0.4) is 0 Å². The van der Waals surface area contributed by atoms with Gasteiger partial charge in [-0.1, -0.05) is 36.4 Å².